The van der Waals surface area contributed by atoms with Gasteiger partial charge < -0.3 is 5.73 Å². The molecule has 0 bridgehead atoms. The zero-order chi connectivity index (χ0) is 8.55. The molecule has 1 unspecified atom stereocenters. The molecular formula is C9H15N3. The van der Waals surface area contributed by atoms with Gasteiger partial charge in [-0.1, -0.05) is 0 Å². The minimum atomic E-state index is 0.554. The van der Waals surface area contributed by atoms with Crippen LogP contribution in [0, 0.1) is 5.92 Å². The van der Waals surface area contributed by atoms with Gasteiger partial charge in [0, 0.05) is 19.2 Å². The Morgan fingerprint density at radius 3 is 2.92 bits per heavy atom. The van der Waals surface area contributed by atoms with Crippen LogP contribution in [0.15, 0.2) is 12.4 Å². The van der Waals surface area contributed by atoms with Crippen molar-refractivity contribution in [2.45, 2.75) is 18.8 Å². The third-order valence-corrected chi connectivity index (χ3v) is 2.60. The third kappa shape index (κ3) is 1.37. The lowest BCUT2D eigenvalue weighted by Gasteiger charge is -2.09. The summed E-state index contributed by atoms with van der Waals surface area (Å²) in [7, 11) is 1.95. The maximum atomic E-state index is 5.72. The zero-order valence-electron chi connectivity index (χ0n) is 7.40. The van der Waals surface area contributed by atoms with E-state index in [9.17, 15) is 0 Å². The smallest absolute Gasteiger partial charge is 0.0525 e. The molecule has 1 aliphatic carbocycles. The summed E-state index contributed by atoms with van der Waals surface area (Å²) >= 11 is 0. The van der Waals surface area contributed by atoms with E-state index in [1.165, 1.54) is 18.4 Å². The van der Waals surface area contributed by atoms with Gasteiger partial charge in [-0.25, -0.2) is 0 Å². The number of aryl methyl sites for hydroxylation is 1. The van der Waals surface area contributed by atoms with Crippen LogP contribution in [0.2, 0.25) is 0 Å². The van der Waals surface area contributed by atoms with Crippen LogP contribution in [-0.4, -0.2) is 16.3 Å². The molecule has 0 amide bonds. The summed E-state index contributed by atoms with van der Waals surface area (Å²) in [4.78, 5) is 0. The molecule has 2 N–H and O–H groups in total. The van der Waals surface area contributed by atoms with Crippen molar-refractivity contribution in [2.75, 3.05) is 6.54 Å². The lowest BCUT2D eigenvalue weighted by Crippen LogP contribution is -2.13. The SMILES string of the molecule is Cn1cc(C(CN)C2CC2)cn1. The molecule has 3 nitrogen and oxygen atoms in total. The standard InChI is InChI=1S/C9H15N3/c1-12-6-8(5-11-12)9(4-10)7-2-3-7/h5-7,9H,2-4,10H2,1H3. The van der Waals surface area contributed by atoms with E-state index < -0.39 is 0 Å². The van der Waals surface area contributed by atoms with Crippen molar-refractivity contribution >= 4 is 0 Å². The maximum absolute atomic E-state index is 5.72. The first kappa shape index (κ1) is 7.80. The number of nitrogens with two attached hydrogens (primary N) is 1. The molecule has 3 heteroatoms. The van der Waals surface area contributed by atoms with E-state index in [1.54, 1.807) is 0 Å². The predicted molar refractivity (Wildman–Crippen MR) is 47.7 cm³/mol. The highest BCUT2D eigenvalue weighted by Gasteiger charge is 2.31. The molecule has 1 atom stereocenters. The van der Waals surface area contributed by atoms with Crippen LogP contribution in [0.25, 0.3) is 0 Å². The molecular weight excluding hydrogens is 150 g/mol. The molecule has 0 spiro atoms. The molecule has 1 aromatic heterocycles. The number of nitrogens with zero attached hydrogens (tertiary/aromatic N) is 2. The molecule has 1 heterocycles. The molecule has 0 saturated heterocycles. The average molecular weight is 165 g/mol. The van der Waals surface area contributed by atoms with Gasteiger partial charge in [-0.15, -0.1) is 0 Å². The van der Waals surface area contributed by atoms with Crippen molar-refractivity contribution in [1.82, 2.24) is 9.78 Å². The van der Waals surface area contributed by atoms with E-state index >= 15 is 0 Å². The van der Waals surface area contributed by atoms with Gasteiger partial charge in [-0.05, 0) is 30.9 Å². The van der Waals surface area contributed by atoms with Gasteiger partial charge in [0.15, 0.2) is 0 Å². The Bertz CT molecular complexity index is 262. The van der Waals surface area contributed by atoms with E-state index in [4.69, 9.17) is 5.73 Å². The summed E-state index contributed by atoms with van der Waals surface area (Å²) in [5.41, 5.74) is 7.03. The molecule has 0 aromatic carbocycles. The molecule has 1 aromatic rings. The van der Waals surface area contributed by atoms with Gasteiger partial charge in [0.05, 0.1) is 6.20 Å². The minimum absolute atomic E-state index is 0.554. The highest BCUT2D eigenvalue weighted by Crippen LogP contribution is 2.41. The van der Waals surface area contributed by atoms with E-state index in [0.29, 0.717) is 5.92 Å². The molecule has 2 rings (SSSR count). The molecule has 12 heavy (non-hydrogen) atoms. The Labute approximate surface area is 72.6 Å². The van der Waals surface area contributed by atoms with Crippen molar-refractivity contribution in [3.05, 3.63) is 18.0 Å². The number of aromatic nitrogens is 2. The van der Waals surface area contributed by atoms with Crippen LogP contribution in [0.5, 0.6) is 0 Å². The topological polar surface area (TPSA) is 43.8 Å². The highest BCUT2D eigenvalue weighted by atomic mass is 15.2. The zero-order valence-corrected chi connectivity index (χ0v) is 7.40. The molecule has 1 saturated carbocycles. The predicted octanol–water partition coefficient (Wildman–Crippen LogP) is 0.872. The van der Waals surface area contributed by atoms with Crippen molar-refractivity contribution in [1.29, 1.82) is 0 Å². The second-order valence-corrected chi connectivity index (χ2v) is 3.63. The van der Waals surface area contributed by atoms with E-state index in [0.717, 1.165) is 12.5 Å². The Hall–Kier alpha value is -0.830. The lowest BCUT2D eigenvalue weighted by atomic mass is 9.98. The summed E-state index contributed by atoms with van der Waals surface area (Å²) < 4.78 is 1.85. The average Bonchev–Trinajstić information content (AvgIpc) is 2.78. The van der Waals surface area contributed by atoms with Crippen LogP contribution in [-0.2, 0) is 7.05 Å². The van der Waals surface area contributed by atoms with Gasteiger partial charge in [0.2, 0.25) is 0 Å². The normalized spacial score (nSPS) is 19.5. The Morgan fingerprint density at radius 2 is 2.50 bits per heavy atom. The number of rotatable bonds is 3. The van der Waals surface area contributed by atoms with E-state index in [1.807, 2.05) is 17.9 Å². The summed E-state index contributed by atoms with van der Waals surface area (Å²) in [6.45, 7) is 0.760. The van der Waals surface area contributed by atoms with Gasteiger partial charge in [0.1, 0.15) is 0 Å². The van der Waals surface area contributed by atoms with Crippen LogP contribution in [0.3, 0.4) is 0 Å². The molecule has 1 fully saturated rings. The summed E-state index contributed by atoms with van der Waals surface area (Å²) in [5, 5.41) is 4.16. The van der Waals surface area contributed by atoms with E-state index in [-0.39, 0.29) is 0 Å². The third-order valence-electron chi connectivity index (χ3n) is 2.60. The first-order valence-electron chi connectivity index (χ1n) is 4.50. The number of hydrogen-bond acceptors (Lipinski definition) is 2. The van der Waals surface area contributed by atoms with Crippen molar-refractivity contribution < 1.29 is 0 Å². The second kappa shape index (κ2) is 2.90. The monoisotopic (exact) mass is 165 g/mol. The van der Waals surface area contributed by atoms with Crippen molar-refractivity contribution in [3.63, 3.8) is 0 Å². The molecule has 66 valence electrons. The van der Waals surface area contributed by atoms with Gasteiger partial charge in [0.25, 0.3) is 0 Å². The van der Waals surface area contributed by atoms with Crippen LogP contribution in [0.1, 0.15) is 24.3 Å². The van der Waals surface area contributed by atoms with Crippen molar-refractivity contribution in [3.8, 4) is 0 Å². The Balaban J connectivity index is 2.15. The van der Waals surface area contributed by atoms with Crippen LogP contribution < -0.4 is 5.73 Å². The summed E-state index contributed by atoms with van der Waals surface area (Å²) in [6.07, 6.45) is 6.71. The molecule has 0 radical (unpaired) electrons. The van der Waals surface area contributed by atoms with E-state index in [2.05, 4.69) is 11.3 Å². The minimum Gasteiger partial charge on any atom is -0.330 e. The van der Waals surface area contributed by atoms with Gasteiger partial charge in [-0.3, -0.25) is 4.68 Å². The fourth-order valence-electron chi connectivity index (χ4n) is 1.73. The summed E-state index contributed by atoms with van der Waals surface area (Å²) in [6, 6.07) is 0. The lowest BCUT2D eigenvalue weighted by molar-refractivity contribution is 0.615. The van der Waals surface area contributed by atoms with Crippen LogP contribution in [0.4, 0.5) is 0 Å². The fourth-order valence-corrected chi connectivity index (χ4v) is 1.73. The Kier molecular flexibility index (Phi) is 1.89. The highest BCUT2D eigenvalue weighted by molar-refractivity contribution is 5.15. The van der Waals surface area contributed by atoms with Gasteiger partial charge >= 0.3 is 0 Å². The number of hydrogen-bond donors (Lipinski definition) is 1. The molecule has 1 aliphatic rings. The Morgan fingerprint density at radius 1 is 1.75 bits per heavy atom. The molecule has 0 aliphatic heterocycles. The largest absolute Gasteiger partial charge is 0.330 e. The van der Waals surface area contributed by atoms with Crippen molar-refractivity contribution in [2.24, 2.45) is 18.7 Å². The van der Waals surface area contributed by atoms with Gasteiger partial charge in [-0.2, -0.15) is 5.10 Å². The summed E-state index contributed by atoms with van der Waals surface area (Å²) in [5.74, 6) is 1.39. The maximum Gasteiger partial charge on any atom is 0.0525 e. The fraction of sp³-hybridized carbons (Fsp3) is 0.667. The van der Waals surface area contributed by atoms with Crippen LogP contribution >= 0.6 is 0 Å². The first-order chi connectivity index (χ1) is 5.81. The quantitative estimate of drug-likeness (QED) is 0.722. The second-order valence-electron chi connectivity index (χ2n) is 3.63. The first-order valence-corrected chi connectivity index (χ1v) is 4.50.